The first kappa shape index (κ1) is 16.7. The summed E-state index contributed by atoms with van der Waals surface area (Å²) in [5.41, 5.74) is 4.34. The van der Waals surface area contributed by atoms with Crippen LogP contribution in [0.3, 0.4) is 0 Å². The molecule has 1 aliphatic rings. The Labute approximate surface area is 143 Å². The van der Waals surface area contributed by atoms with Crippen molar-refractivity contribution in [3.8, 4) is 11.3 Å². The van der Waals surface area contributed by atoms with E-state index in [1.165, 1.54) is 11.1 Å². The lowest BCUT2D eigenvalue weighted by Gasteiger charge is -2.23. The third-order valence-electron chi connectivity index (χ3n) is 4.53. The first-order chi connectivity index (χ1) is 11.4. The van der Waals surface area contributed by atoms with Crippen LogP contribution in [0, 0.1) is 25.7 Å². The first-order valence-corrected chi connectivity index (χ1v) is 8.76. The smallest absolute Gasteiger partial charge is 0.226 e. The monoisotopic (exact) mass is 326 g/mol. The Balaban J connectivity index is 1.75. The van der Waals surface area contributed by atoms with E-state index in [-0.39, 0.29) is 11.8 Å². The average Bonchev–Trinajstić information content (AvgIpc) is 3.28. The molecule has 3 rings (SSSR count). The van der Waals surface area contributed by atoms with Crippen LogP contribution in [0.15, 0.2) is 28.8 Å². The van der Waals surface area contributed by atoms with E-state index in [1.807, 2.05) is 17.0 Å². The topological polar surface area (TPSA) is 46.3 Å². The van der Waals surface area contributed by atoms with E-state index in [1.54, 1.807) is 0 Å². The number of nitrogens with zero attached hydrogens (tertiary/aromatic N) is 2. The van der Waals surface area contributed by atoms with Crippen LogP contribution in [0.1, 0.15) is 43.5 Å². The van der Waals surface area contributed by atoms with Crippen molar-refractivity contribution in [1.82, 2.24) is 10.1 Å². The largest absolute Gasteiger partial charge is 0.356 e. The quantitative estimate of drug-likeness (QED) is 0.792. The van der Waals surface area contributed by atoms with Gasteiger partial charge in [0.25, 0.3) is 0 Å². The summed E-state index contributed by atoms with van der Waals surface area (Å²) in [7, 11) is 0. The molecule has 0 saturated heterocycles. The zero-order valence-corrected chi connectivity index (χ0v) is 15.0. The van der Waals surface area contributed by atoms with Gasteiger partial charge in [0, 0.05) is 24.1 Å². The molecule has 0 unspecified atom stereocenters. The van der Waals surface area contributed by atoms with Crippen molar-refractivity contribution in [3.63, 3.8) is 0 Å². The van der Waals surface area contributed by atoms with Crippen molar-refractivity contribution in [2.24, 2.45) is 11.8 Å². The van der Waals surface area contributed by atoms with Gasteiger partial charge in [0.2, 0.25) is 5.91 Å². The standard InChI is InChI=1S/C20H26N2O2/c1-13(2)11-22(20(23)16-7-8-16)12-18-10-19(24-21-18)17-6-5-14(3)15(4)9-17/h5-6,9-10,13,16H,7-8,11-12H2,1-4H3. The van der Waals surface area contributed by atoms with Crippen LogP contribution in [0.5, 0.6) is 0 Å². The number of hydrogen-bond acceptors (Lipinski definition) is 3. The highest BCUT2D eigenvalue weighted by atomic mass is 16.5. The molecule has 1 fully saturated rings. The SMILES string of the molecule is Cc1ccc(-c2cc(CN(CC(C)C)C(=O)C3CC3)no2)cc1C. The Morgan fingerprint density at radius 3 is 2.62 bits per heavy atom. The predicted octanol–water partition coefficient (Wildman–Crippen LogP) is 4.35. The van der Waals surface area contributed by atoms with Crippen molar-refractivity contribution < 1.29 is 9.32 Å². The van der Waals surface area contributed by atoms with E-state index in [0.29, 0.717) is 12.5 Å². The zero-order valence-electron chi connectivity index (χ0n) is 15.0. The maximum atomic E-state index is 12.5. The molecule has 1 aromatic heterocycles. The lowest BCUT2D eigenvalue weighted by molar-refractivity contribution is -0.133. The summed E-state index contributed by atoms with van der Waals surface area (Å²) in [5.74, 6) is 1.70. The molecule has 1 heterocycles. The molecule has 0 N–H and O–H groups in total. The van der Waals surface area contributed by atoms with Crippen molar-refractivity contribution in [1.29, 1.82) is 0 Å². The molecule has 1 amide bonds. The summed E-state index contributed by atoms with van der Waals surface area (Å²) in [6.07, 6.45) is 2.06. The van der Waals surface area contributed by atoms with Crippen LogP contribution in [0.2, 0.25) is 0 Å². The van der Waals surface area contributed by atoms with Crippen LogP contribution in [-0.4, -0.2) is 22.5 Å². The van der Waals surface area contributed by atoms with Gasteiger partial charge in [-0.1, -0.05) is 31.1 Å². The number of carbonyl (C=O) groups excluding carboxylic acids is 1. The van der Waals surface area contributed by atoms with Crippen molar-refractivity contribution in [2.75, 3.05) is 6.54 Å². The fourth-order valence-electron chi connectivity index (χ4n) is 2.87. The van der Waals surface area contributed by atoms with E-state index in [0.717, 1.165) is 36.4 Å². The molecular weight excluding hydrogens is 300 g/mol. The highest BCUT2D eigenvalue weighted by Gasteiger charge is 2.33. The highest BCUT2D eigenvalue weighted by Crippen LogP contribution is 2.32. The fraction of sp³-hybridized carbons (Fsp3) is 0.500. The molecule has 4 nitrogen and oxygen atoms in total. The van der Waals surface area contributed by atoms with E-state index in [4.69, 9.17) is 4.52 Å². The summed E-state index contributed by atoms with van der Waals surface area (Å²) in [6.45, 7) is 9.75. The molecule has 0 bridgehead atoms. The second-order valence-corrected chi connectivity index (χ2v) is 7.37. The number of aryl methyl sites for hydroxylation is 2. The Bertz CT molecular complexity index is 729. The Morgan fingerprint density at radius 2 is 2.00 bits per heavy atom. The van der Waals surface area contributed by atoms with E-state index < -0.39 is 0 Å². The molecule has 0 spiro atoms. The van der Waals surface area contributed by atoms with Gasteiger partial charge in [0.15, 0.2) is 5.76 Å². The number of carbonyl (C=O) groups is 1. The number of rotatable bonds is 6. The highest BCUT2D eigenvalue weighted by molar-refractivity contribution is 5.81. The number of aromatic nitrogens is 1. The molecule has 1 aromatic carbocycles. The summed E-state index contributed by atoms with van der Waals surface area (Å²) in [4.78, 5) is 14.4. The predicted molar refractivity (Wildman–Crippen MR) is 94.4 cm³/mol. The van der Waals surface area contributed by atoms with Gasteiger partial charge >= 0.3 is 0 Å². The minimum atomic E-state index is 0.231. The number of amides is 1. The maximum absolute atomic E-state index is 12.5. The number of benzene rings is 1. The Kier molecular flexibility index (Phi) is 4.74. The number of hydrogen-bond donors (Lipinski definition) is 0. The molecule has 1 saturated carbocycles. The van der Waals surface area contributed by atoms with Crippen LogP contribution in [0.25, 0.3) is 11.3 Å². The lowest BCUT2D eigenvalue weighted by atomic mass is 10.0. The molecule has 24 heavy (non-hydrogen) atoms. The van der Waals surface area contributed by atoms with E-state index in [9.17, 15) is 4.79 Å². The van der Waals surface area contributed by atoms with Crippen LogP contribution < -0.4 is 0 Å². The molecule has 1 aliphatic carbocycles. The van der Waals surface area contributed by atoms with Crippen LogP contribution in [-0.2, 0) is 11.3 Å². The second-order valence-electron chi connectivity index (χ2n) is 7.37. The molecular formula is C20H26N2O2. The third kappa shape index (κ3) is 3.86. The molecule has 0 atom stereocenters. The zero-order chi connectivity index (χ0) is 17.3. The summed E-state index contributed by atoms with van der Waals surface area (Å²) < 4.78 is 5.52. The van der Waals surface area contributed by atoms with Crippen molar-refractivity contribution >= 4 is 5.91 Å². The summed E-state index contributed by atoms with van der Waals surface area (Å²) >= 11 is 0. The van der Waals surface area contributed by atoms with E-state index >= 15 is 0 Å². The van der Waals surface area contributed by atoms with Gasteiger partial charge in [-0.2, -0.15) is 0 Å². The summed E-state index contributed by atoms with van der Waals surface area (Å²) in [5, 5.41) is 4.19. The minimum Gasteiger partial charge on any atom is -0.356 e. The molecule has 0 radical (unpaired) electrons. The van der Waals surface area contributed by atoms with Gasteiger partial charge in [-0.25, -0.2) is 0 Å². The van der Waals surface area contributed by atoms with Crippen molar-refractivity contribution in [3.05, 3.63) is 41.1 Å². The Morgan fingerprint density at radius 1 is 1.25 bits per heavy atom. The fourth-order valence-corrected chi connectivity index (χ4v) is 2.87. The lowest BCUT2D eigenvalue weighted by Crippen LogP contribution is -2.34. The van der Waals surface area contributed by atoms with Gasteiger partial charge < -0.3 is 9.42 Å². The maximum Gasteiger partial charge on any atom is 0.226 e. The molecule has 128 valence electrons. The Hall–Kier alpha value is -2.10. The molecule has 2 aromatic rings. The summed E-state index contributed by atoms with van der Waals surface area (Å²) in [6, 6.07) is 8.21. The van der Waals surface area contributed by atoms with Gasteiger partial charge in [-0.3, -0.25) is 4.79 Å². The second kappa shape index (κ2) is 6.80. The van der Waals surface area contributed by atoms with Gasteiger partial charge in [-0.15, -0.1) is 0 Å². The minimum absolute atomic E-state index is 0.231. The average molecular weight is 326 g/mol. The van der Waals surface area contributed by atoms with Crippen molar-refractivity contribution in [2.45, 2.75) is 47.1 Å². The third-order valence-corrected chi connectivity index (χ3v) is 4.53. The van der Waals surface area contributed by atoms with Crippen LogP contribution in [0.4, 0.5) is 0 Å². The van der Waals surface area contributed by atoms with Gasteiger partial charge in [0.1, 0.15) is 5.69 Å². The van der Waals surface area contributed by atoms with E-state index in [2.05, 4.69) is 45.0 Å². The normalized spacial score (nSPS) is 14.2. The van der Waals surface area contributed by atoms with Gasteiger partial charge in [-0.05, 0) is 49.8 Å². The molecule has 0 aliphatic heterocycles. The first-order valence-electron chi connectivity index (χ1n) is 8.76. The van der Waals surface area contributed by atoms with Gasteiger partial charge in [0.05, 0.1) is 6.54 Å². The molecule has 4 heteroatoms. The van der Waals surface area contributed by atoms with Crippen LogP contribution >= 0.6 is 0 Å².